The second-order valence-corrected chi connectivity index (χ2v) is 9.37. The zero-order valence-corrected chi connectivity index (χ0v) is 18.7. The van der Waals surface area contributed by atoms with E-state index in [-0.39, 0.29) is 10.5 Å². The molecule has 0 fully saturated rings. The van der Waals surface area contributed by atoms with E-state index in [2.05, 4.69) is 6.92 Å². The molecule has 0 amide bonds. The molecule has 1 aromatic carbocycles. The van der Waals surface area contributed by atoms with Crippen molar-refractivity contribution in [2.24, 2.45) is 0 Å². The van der Waals surface area contributed by atoms with Crippen LogP contribution in [0, 0.1) is 0 Å². The maximum absolute atomic E-state index is 11.4. The molecule has 0 saturated carbocycles. The molecular formula is C23H38O5S. The van der Waals surface area contributed by atoms with Crippen LogP contribution in [0.15, 0.2) is 23.1 Å². The first kappa shape index (κ1) is 25.6. The van der Waals surface area contributed by atoms with Gasteiger partial charge in [-0.25, -0.2) is 4.79 Å². The number of rotatable bonds is 17. The van der Waals surface area contributed by atoms with Crippen LogP contribution in [0.25, 0.3) is 0 Å². The Morgan fingerprint density at radius 3 is 1.66 bits per heavy atom. The van der Waals surface area contributed by atoms with Gasteiger partial charge in [-0.3, -0.25) is 4.55 Å². The summed E-state index contributed by atoms with van der Waals surface area (Å²) in [7, 11) is -4.39. The van der Waals surface area contributed by atoms with Gasteiger partial charge in [0.1, 0.15) is 0 Å². The molecule has 6 heteroatoms. The first-order valence-electron chi connectivity index (χ1n) is 11.2. The Morgan fingerprint density at radius 2 is 1.24 bits per heavy atom. The predicted octanol–water partition coefficient (Wildman–Crippen LogP) is 6.66. The van der Waals surface area contributed by atoms with Gasteiger partial charge in [-0.05, 0) is 30.5 Å². The summed E-state index contributed by atoms with van der Waals surface area (Å²) in [6, 6.07) is 3.80. The zero-order valence-electron chi connectivity index (χ0n) is 17.9. The summed E-state index contributed by atoms with van der Waals surface area (Å²) in [6.07, 6.45) is 18.3. The van der Waals surface area contributed by atoms with Crippen molar-refractivity contribution in [2.45, 2.75) is 108 Å². The minimum absolute atomic E-state index is 0.0465. The number of benzene rings is 1. The number of carboxylic acids is 1. The van der Waals surface area contributed by atoms with E-state index in [9.17, 15) is 18.3 Å². The van der Waals surface area contributed by atoms with Gasteiger partial charge in [0.05, 0.1) is 10.5 Å². The fourth-order valence-corrected chi connectivity index (χ4v) is 4.15. The average molecular weight is 427 g/mol. The van der Waals surface area contributed by atoms with Crippen molar-refractivity contribution in [2.75, 3.05) is 0 Å². The monoisotopic (exact) mass is 426 g/mol. The van der Waals surface area contributed by atoms with Crippen LogP contribution in [0.4, 0.5) is 0 Å². The maximum atomic E-state index is 11.4. The van der Waals surface area contributed by atoms with E-state index in [1.807, 2.05) is 0 Å². The van der Waals surface area contributed by atoms with Crippen molar-refractivity contribution in [3.05, 3.63) is 29.3 Å². The lowest BCUT2D eigenvalue weighted by Gasteiger charge is -2.08. The largest absolute Gasteiger partial charge is 0.478 e. The van der Waals surface area contributed by atoms with Crippen molar-refractivity contribution >= 4 is 16.1 Å². The van der Waals surface area contributed by atoms with Crippen LogP contribution in [0.3, 0.4) is 0 Å². The first-order valence-corrected chi connectivity index (χ1v) is 12.6. The van der Waals surface area contributed by atoms with Crippen LogP contribution in [0.1, 0.15) is 113 Å². The molecule has 1 rings (SSSR count). The van der Waals surface area contributed by atoms with Gasteiger partial charge in [0.2, 0.25) is 0 Å². The van der Waals surface area contributed by atoms with Gasteiger partial charge in [0.25, 0.3) is 10.1 Å². The third-order valence-corrected chi connectivity index (χ3v) is 6.26. The molecule has 0 bridgehead atoms. The molecule has 0 heterocycles. The van der Waals surface area contributed by atoms with Crippen molar-refractivity contribution in [3.63, 3.8) is 0 Å². The van der Waals surface area contributed by atoms with Crippen LogP contribution in [0.2, 0.25) is 0 Å². The number of carboxylic acid groups (broad SMARTS) is 1. The topological polar surface area (TPSA) is 91.7 Å². The second kappa shape index (κ2) is 14.6. The fourth-order valence-electron chi connectivity index (χ4n) is 3.64. The van der Waals surface area contributed by atoms with E-state index in [0.29, 0.717) is 12.0 Å². The van der Waals surface area contributed by atoms with Crippen LogP contribution < -0.4 is 0 Å². The Kier molecular flexibility index (Phi) is 12.9. The summed E-state index contributed by atoms with van der Waals surface area (Å²) >= 11 is 0. The zero-order chi connectivity index (χ0) is 21.5. The first-order chi connectivity index (χ1) is 13.9. The molecule has 0 unspecified atom stereocenters. The highest BCUT2D eigenvalue weighted by Crippen LogP contribution is 2.19. The van der Waals surface area contributed by atoms with E-state index in [0.717, 1.165) is 25.3 Å². The molecule has 0 saturated heterocycles. The summed E-state index contributed by atoms with van der Waals surface area (Å²) in [5.41, 5.74) is 0.568. The lowest BCUT2D eigenvalue weighted by molar-refractivity contribution is 0.0695. The van der Waals surface area contributed by atoms with Crippen molar-refractivity contribution < 1.29 is 22.9 Å². The SMILES string of the molecule is CCCCCCCCCCCCCCCCc1ccc(S(=O)(=O)O)cc1C(=O)O. The summed E-state index contributed by atoms with van der Waals surface area (Å²) < 4.78 is 31.4. The van der Waals surface area contributed by atoms with Crippen LogP contribution >= 0.6 is 0 Å². The molecule has 0 radical (unpaired) electrons. The standard InChI is InChI=1S/C23H38O5S/c1-2-3-4-5-6-7-8-9-10-11-12-13-14-15-16-20-17-18-21(29(26,27)28)19-22(20)23(24)25/h17-19H,2-16H2,1H3,(H,24,25)(H,26,27,28). The molecular weight excluding hydrogens is 388 g/mol. The van der Waals surface area contributed by atoms with Gasteiger partial charge in [0.15, 0.2) is 0 Å². The lowest BCUT2D eigenvalue weighted by atomic mass is 10.00. The lowest BCUT2D eigenvalue weighted by Crippen LogP contribution is -2.06. The molecule has 0 atom stereocenters. The van der Waals surface area contributed by atoms with Gasteiger partial charge >= 0.3 is 5.97 Å². The van der Waals surface area contributed by atoms with Gasteiger partial charge in [0, 0.05) is 0 Å². The highest BCUT2D eigenvalue weighted by atomic mass is 32.2. The number of hydrogen-bond acceptors (Lipinski definition) is 3. The van der Waals surface area contributed by atoms with E-state index in [1.54, 1.807) is 0 Å². The third kappa shape index (κ3) is 11.4. The number of aromatic carboxylic acids is 1. The quantitative estimate of drug-likeness (QED) is 0.215. The molecule has 0 aliphatic rings. The van der Waals surface area contributed by atoms with Crippen LogP contribution in [0.5, 0.6) is 0 Å². The van der Waals surface area contributed by atoms with E-state index < -0.39 is 16.1 Å². The second-order valence-electron chi connectivity index (χ2n) is 7.95. The highest BCUT2D eigenvalue weighted by molar-refractivity contribution is 7.85. The molecule has 29 heavy (non-hydrogen) atoms. The van der Waals surface area contributed by atoms with Gasteiger partial charge in [-0.2, -0.15) is 8.42 Å². The minimum atomic E-state index is -4.39. The van der Waals surface area contributed by atoms with Crippen molar-refractivity contribution in [1.82, 2.24) is 0 Å². The van der Waals surface area contributed by atoms with E-state index >= 15 is 0 Å². The Morgan fingerprint density at radius 1 is 0.793 bits per heavy atom. The molecule has 0 spiro atoms. The van der Waals surface area contributed by atoms with Gasteiger partial charge in [-0.15, -0.1) is 0 Å². The Balaban J connectivity index is 2.14. The smallest absolute Gasteiger partial charge is 0.336 e. The van der Waals surface area contributed by atoms with E-state index in [1.165, 1.54) is 82.8 Å². The minimum Gasteiger partial charge on any atom is -0.478 e. The summed E-state index contributed by atoms with van der Waals surface area (Å²) in [5.74, 6) is -1.17. The van der Waals surface area contributed by atoms with Crippen molar-refractivity contribution in [3.8, 4) is 0 Å². The summed E-state index contributed by atoms with van der Waals surface area (Å²) in [4.78, 5) is 11.0. The van der Waals surface area contributed by atoms with E-state index in [4.69, 9.17) is 4.55 Å². The van der Waals surface area contributed by atoms with Crippen molar-refractivity contribution in [1.29, 1.82) is 0 Å². The average Bonchev–Trinajstić information content (AvgIpc) is 2.67. The van der Waals surface area contributed by atoms with Gasteiger partial charge < -0.3 is 5.11 Å². The molecule has 5 nitrogen and oxygen atoms in total. The molecule has 0 aliphatic heterocycles. The molecule has 166 valence electrons. The maximum Gasteiger partial charge on any atom is 0.336 e. The highest BCUT2D eigenvalue weighted by Gasteiger charge is 2.16. The van der Waals surface area contributed by atoms with Crippen LogP contribution in [-0.4, -0.2) is 24.0 Å². The number of carbonyl (C=O) groups is 1. The Labute approximate surface area is 176 Å². The summed E-state index contributed by atoms with van der Waals surface area (Å²) in [6.45, 7) is 2.25. The van der Waals surface area contributed by atoms with Crippen LogP contribution in [-0.2, 0) is 16.5 Å². The molecule has 2 N–H and O–H groups in total. The van der Waals surface area contributed by atoms with Gasteiger partial charge in [-0.1, -0.05) is 96.5 Å². The summed E-state index contributed by atoms with van der Waals surface area (Å²) in [5, 5.41) is 9.29. The predicted molar refractivity (Wildman–Crippen MR) is 117 cm³/mol. The number of aryl methyl sites for hydroxylation is 1. The number of hydrogen-bond donors (Lipinski definition) is 2. The fraction of sp³-hybridized carbons (Fsp3) is 0.696. The Bertz CT molecular complexity index is 697. The number of unbranched alkanes of at least 4 members (excludes halogenated alkanes) is 13. The normalized spacial score (nSPS) is 11.7. The molecule has 0 aromatic heterocycles. The third-order valence-electron chi connectivity index (χ3n) is 5.41. The molecule has 1 aromatic rings. The molecule has 0 aliphatic carbocycles. The Hall–Kier alpha value is -1.40.